The summed E-state index contributed by atoms with van der Waals surface area (Å²) in [6.07, 6.45) is 4.94. The molecular weight excluding hydrogens is 747 g/mol. The summed E-state index contributed by atoms with van der Waals surface area (Å²) in [4.78, 5) is 0. The Morgan fingerprint density at radius 1 is 0.714 bits per heavy atom. The van der Waals surface area contributed by atoms with Gasteiger partial charge in [-0.25, -0.2) is 0 Å². The first-order chi connectivity index (χ1) is 22.7. The molecular formula is C44H55Cl2Si2Zr. The maximum absolute atomic E-state index is 8.70. The normalized spacial score (nSPS) is 18.7. The first kappa shape index (κ1) is 37.0. The van der Waals surface area contributed by atoms with Crippen LogP contribution in [0, 0.1) is 12.8 Å². The van der Waals surface area contributed by atoms with E-state index in [9.17, 15) is 0 Å². The molecule has 2 aliphatic rings. The van der Waals surface area contributed by atoms with Crippen LogP contribution in [-0.4, -0.2) is 14.0 Å². The summed E-state index contributed by atoms with van der Waals surface area (Å²) in [7, 11) is 16.0. The van der Waals surface area contributed by atoms with Gasteiger partial charge in [0.15, 0.2) is 0 Å². The van der Waals surface area contributed by atoms with Crippen LogP contribution >= 0.6 is 17.0 Å². The Kier molecular flexibility index (Phi) is 9.62. The van der Waals surface area contributed by atoms with E-state index in [4.69, 9.17) is 17.0 Å². The Balaban J connectivity index is 1.54. The van der Waals surface area contributed by atoms with Crippen molar-refractivity contribution in [1.82, 2.24) is 0 Å². The zero-order chi connectivity index (χ0) is 35.9. The van der Waals surface area contributed by atoms with E-state index in [1.165, 1.54) is 72.0 Å². The first-order valence-corrected chi connectivity index (χ1v) is 38.0. The molecule has 6 rings (SSSR count). The topological polar surface area (TPSA) is 0 Å². The summed E-state index contributed by atoms with van der Waals surface area (Å²) in [6.45, 7) is 28.3. The monoisotopic (exact) mass is 799 g/mol. The van der Waals surface area contributed by atoms with Crippen LogP contribution in [0.2, 0.25) is 32.7 Å². The molecule has 0 spiro atoms. The molecule has 4 aromatic rings. The van der Waals surface area contributed by atoms with Gasteiger partial charge in [0.05, 0.1) is 0 Å². The minimum absolute atomic E-state index is 0.0815. The van der Waals surface area contributed by atoms with E-state index in [0.717, 1.165) is 0 Å². The third-order valence-electron chi connectivity index (χ3n) is 11.7. The van der Waals surface area contributed by atoms with Crippen molar-refractivity contribution >= 4 is 48.4 Å². The van der Waals surface area contributed by atoms with E-state index in [2.05, 4.69) is 172 Å². The van der Waals surface area contributed by atoms with Crippen LogP contribution in [0.1, 0.15) is 82.2 Å². The number of halogens is 2. The van der Waals surface area contributed by atoms with Gasteiger partial charge in [-0.2, -0.15) is 0 Å². The second kappa shape index (κ2) is 12.7. The van der Waals surface area contributed by atoms with Crippen molar-refractivity contribution in [2.75, 3.05) is 0 Å². The number of hydrogen-bond donors (Lipinski definition) is 0. The van der Waals surface area contributed by atoms with Gasteiger partial charge >= 0.3 is 309 Å². The van der Waals surface area contributed by atoms with E-state index >= 15 is 0 Å². The standard InChI is InChI=1S/C21H25Si.C21H23.C2H7Si.2ClH.Zr/c1-15(2)18-13-17-7-6-8-20(21(17)14-18)16-9-11-19(12-10-16)22(3,4)5;1-14-12-19-15(2)6-11-18(20(19)13-14)16-7-9-17(10-8-16)21(3,4)5;1-3-2;;;/h6-15H,1-5H3;6-13H,1-5H3;3H,1-2H3;2*1H;/q;;;;;+2/p-2. The van der Waals surface area contributed by atoms with Crippen LogP contribution in [0.4, 0.5) is 0 Å². The molecule has 0 nitrogen and oxygen atoms in total. The molecule has 0 amide bonds. The quantitative estimate of drug-likeness (QED) is 0.163. The van der Waals surface area contributed by atoms with Gasteiger partial charge in [0.25, 0.3) is 0 Å². The van der Waals surface area contributed by atoms with Crippen molar-refractivity contribution < 1.29 is 15.6 Å². The molecule has 0 fully saturated rings. The number of hydrogen-bond acceptors (Lipinski definition) is 0. The molecule has 2 atom stereocenters. The second-order valence-electron chi connectivity index (χ2n) is 17.7. The van der Waals surface area contributed by atoms with E-state index in [1.807, 2.05) is 0 Å². The third-order valence-corrected chi connectivity index (χ3v) is 65.7. The first-order valence-electron chi connectivity index (χ1n) is 18.2. The number of fused-ring (bicyclic) bond motifs is 2. The molecule has 49 heavy (non-hydrogen) atoms. The van der Waals surface area contributed by atoms with Gasteiger partial charge in [-0.3, -0.25) is 0 Å². The maximum atomic E-state index is 8.70. The zero-order valence-electron chi connectivity index (χ0n) is 31.7. The molecule has 5 heteroatoms. The van der Waals surface area contributed by atoms with Crippen molar-refractivity contribution in [3.8, 4) is 22.3 Å². The Bertz CT molecular complexity index is 1990. The average Bonchev–Trinajstić information content (AvgIpc) is 3.61. The summed E-state index contributed by atoms with van der Waals surface area (Å²) < 4.78 is 0.166. The Labute approximate surface area is 306 Å². The van der Waals surface area contributed by atoms with Gasteiger partial charge in [0, 0.05) is 0 Å². The fourth-order valence-corrected chi connectivity index (χ4v) is 42.1. The van der Waals surface area contributed by atoms with Crippen LogP contribution < -0.4 is 5.19 Å². The van der Waals surface area contributed by atoms with E-state index in [-0.39, 0.29) is 12.7 Å². The molecule has 0 radical (unpaired) electrons. The number of aryl methyl sites for hydroxylation is 1. The Morgan fingerprint density at radius 3 is 1.82 bits per heavy atom. The molecule has 0 bridgehead atoms. The van der Waals surface area contributed by atoms with Gasteiger partial charge in [-0.15, -0.1) is 0 Å². The van der Waals surface area contributed by atoms with Crippen molar-refractivity contribution in [2.45, 2.75) is 93.9 Å². The fraction of sp³-hybridized carbons (Fsp3) is 0.364. The molecule has 0 saturated heterocycles. The van der Waals surface area contributed by atoms with Gasteiger partial charge in [-0.1, -0.05) is 0 Å². The number of benzene rings is 4. The molecule has 257 valence electrons. The van der Waals surface area contributed by atoms with Crippen molar-refractivity contribution in [1.29, 1.82) is 0 Å². The molecule has 0 N–H and O–H groups in total. The van der Waals surface area contributed by atoms with Crippen molar-refractivity contribution in [3.63, 3.8) is 0 Å². The minimum atomic E-state index is -4.86. The van der Waals surface area contributed by atoms with Crippen molar-refractivity contribution in [3.05, 3.63) is 123 Å². The molecule has 0 heterocycles. The summed E-state index contributed by atoms with van der Waals surface area (Å²) in [6, 6.07) is 30.1. The van der Waals surface area contributed by atoms with Gasteiger partial charge in [-0.05, 0) is 0 Å². The van der Waals surface area contributed by atoms with E-state index in [0.29, 0.717) is 5.92 Å². The predicted molar refractivity (Wildman–Crippen MR) is 223 cm³/mol. The fourth-order valence-electron chi connectivity index (χ4n) is 8.71. The molecule has 2 unspecified atom stereocenters. The van der Waals surface area contributed by atoms with Crippen molar-refractivity contribution in [2.24, 2.45) is 5.92 Å². The van der Waals surface area contributed by atoms with Crippen LogP contribution in [0.25, 0.3) is 34.4 Å². The molecule has 0 aromatic heterocycles. The SMILES string of the molecule is CC1=Cc2c(-c3ccc(C(C)(C)C)cc3)ccc(C)c2[CH]1[Zr]([Cl])([Cl])([CH]1C(C(C)C)=Cc2c(-c3ccc([Si](C)(C)C)cc3)cccc21)[SiH](C)C. The van der Waals surface area contributed by atoms with E-state index < -0.39 is 29.6 Å². The summed E-state index contributed by atoms with van der Waals surface area (Å²) in [5.74, 6) is -1.30. The zero-order valence-corrected chi connectivity index (χ0v) is 37.9. The Hall–Kier alpha value is -1.74. The number of allylic oxidation sites excluding steroid dienone is 2. The molecule has 0 saturated carbocycles. The third kappa shape index (κ3) is 6.16. The van der Waals surface area contributed by atoms with E-state index in [1.54, 1.807) is 0 Å². The van der Waals surface area contributed by atoms with Crippen LogP contribution in [0.5, 0.6) is 0 Å². The summed E-state index contributed by atoms with van der Waals surface area (Å²) >= 11 is -4.86. The summed E-state index contributed by atoms with van der Waals surface area (Å²) in [5, 5.41) is 1.49. The van der Waals surface area contributed by atoms with Crippen LogP contribution in [0.15, 0.2) is 90.0 Å². The number of rotatable bonds is 7. The van der Waals surface area contributed by atoms with Gasteiger partial charge < -0.3 is 0 Å². The second-order valence-corrected chi connectivity index (χ2v) is 65.2. The van der Waals surface area contributed by atoms with Gasteiger partial charge in [0.2, 0.25) is 0 Å². The average molecular weight is 802 g/mol. The van der Waals surface area contributed by atoms with Gasteiger partial charge in [0.1, 0.15) is 0 Å². The van der Waals surface area contributed by atoms with Crippen LogP contribution in [-0.2, 0) is 21.0 Å². The summed E-state index contributed by atoms with van der Waals surface area (Å²) in [5.41, 5.74) is 16.1. The molecule has 2 aliphatic carbocycles. The molecule has 0 aliphatic heterocycles. The molecule has 4 aromatic carbocycles. The Morgan fingerprint density at radius 2 is 1.29 bits per heavy atom. The van der Waals surface area contributed by atoms with Crippen LogP contribution in [0.3, 0.4) is 0 Å². The predicted octanol–water partition coefficient (Wildman–Crippen LogP) is 13.4.